The molecule has 1 amide bonds. The van der Waals surface area contributed by atoms with E-state index in [-0.39, 0.29) is 11.4 Å². The maximum atomic E-state index is 12.7. The van der Waals surface area contributed by atoms with Crippen molar-refractivity contribution < 1.29 is 9.53 Å². The normalized spacial score (nSPS) is 20.0. The summed E-state index contributed by atoms with van der Waals surface area (Å²) in [5, 5.41) is 12.3. The minimum atomic E-state index is -0.213. The molecule has 1 aromatic rings. The summed E-state index contributed by atoms with van der Waals surface area (Å²) < 4.78 is 5.29. The van der Waals surface area contributed by atoms with Crippen molar-refractivity contribution in [1.29, 1.82) is 5.26 Å². The highest BCUT2D eigenvalue weighted by Crippen LogP contribution is 2.33. The molecule has 0 bridgehead atoms. The maximum Gasteiger partial charge on any atom is 0.251 e. The number of benzene rings is 1. The van der Waals surface area contributed by atoms with Gasteiger partial charge in [0.2, 0.25) is 0 Å². The van der Waals surface area contributed by atoms with Gasteiger partial charge in [-0.2, -0.15) is 5.26 Å². The molecule has 1 aliphatic heterocycles. The molecule has 0 unspecified atom stereocenters. The smallest absolute Gasteiger partial charge is 0.251 e. The highest BCUT2D eigenvalue weighted by molar-refractivity contribution is 5.95. The Bertz CT molecular complexity index is 641. The average Bonchev–Trinajstić information content (AvgIpc) is 3.46. The van der Waals surface area contributed by atoms with Gasteiger partial charge in [0, 0.05) is 44.5 Å². The monoisotopic (exact) mass is 341 g/mol. The van der Waals surface area contributed by atoms with Gasteiger partial charge in [-0.05, 0) is 56.2 Å². The third-order valence-corrected chi connectivity index (χ3v) is 5.44. The molecule has 2 fully saturated rings. The summed E-state index contributed by atoms with van der Waals surface area (Å²) in [4.78, 5) is 15.3. The van der Waals surface area contributed by atoms with Crippen LogP contribution in [0.1, 0.15) is 48.0 Å². The van der Waals surface area contributed by atoms with E-state index in [0.29, 0.717) is 17.7 Å². The van der Waals surface area contributed by atoms with E-state index in [1.54, 1.807) is 31.4 Å². The number of likely N-dealkylation sites (tertiary alicyclic amines) is 1. The number of carbonyl (C=O) groups excluding carboxylic acids is 1. The fraction of sp³-hybridized carbons (Fsp3) is 0.600. The van der Waals surface area contributed by atoms with Gasteiger partial charge in [-0.25, -0.2) is 0 Å². The van der Waals surface area contributed by atoms with Gasteiger partial charge in [-0.1, -0.05) is 6.07 Å². The molecular formula is C20H27N3O2. The van der Waals surface area contributed by atoms with Crippen LogP contribution in [-0.4, -0.2) is 49.7 Å². The number of nitriles is 1. The zero-order valence-electron chi connectivity index (χ0n) is 15.0. The summed E-state index contributed by atoms with van der Waals surface area (Å²) in [5.74, 6) is 0.804. The van der Waals surface area contributed by atoms with Gasteiger partial charge in [0.05, 0.1) is 11.6 Å². The van der Waals surface area contributed by atoms with Crippen molar-refractivity contribution in [3.05, 3.63) is 35.4 Å². The van der Waals surface area contributed by atoms with Crippen LogP contribution in [0.25, 0.3) is 0 Å². The van der Waals surface area contributed by atoms with Gasteiger partial charge in [-0.15, -0.1) is 0 Å². The summed E-state index contributed by atoms with van der Waals surface area (Å²) >= 11 is 0. The molecular weight excluding hydrogens is 314 g/mol. The lowest BCUT2D eigenvalue weighted by Gasteiger charge is -2.42. The number of carbonyl (C=O) groups is 1. The topological polar surface area (TPSA) is 65.4 Å². The van der Waals surface area contributed by atoms with Crippen LogP contribution in [0.4, 0.5) is 0 Å². The number of methoxy groups -OCH3 is 1. The summed E-state index contributed by atoms with van der Waals surface area (Å²) in [7, 11) is 1.70. The molecule has 1 saturated carbocycles. The molecule has 3 rings (SSSR count). The van der Waals surface area contributed by atoms with Crippen molar-refractivity contribution in [1.82, 2.24) is 10.2 Å². The van der Waals surface area contributed by atoms with Crippen molar-refractivity contribution in [2.45, 2.75) is 37.6 Å². The van der Waals surface area contributed by atoms with E-state index < -0.39 is 0 Å². The van der Waals surface area contributed by atoms with Crippen molar-refractivity contribution >= 4 is 5.91 Å². The quantitative estimate of drug-likeness (QED) is 0.828. The maximum absolute atomic E-state index is 12.7. The van der Waals surface area contributed by atoms with Crippen LogP contribution in [0.15, 0.2) is 24.3 Å². The number of amides is 1. The Kier molecular flexibility index (Phi) is 5.72. The standard InChI is InChI=1S/C20H27N3O2/c1-25-12-9-20(7-10-23(11-8-20)15-16-5-6-16)22-19(24)18-4-2-3-17(13-18)14-21/h2-4,13,16H,5-12,15H2,1H3,(H,22,24). The summed E-state index contributed by atoms with van der Waals surface area (Å²) in [6.07, 6.45) is 5.47. The Labute approximate surface area is 150 Å². The Morgan fingerprint density at radius 3 is 2.80 bits per heavy atom. The highest BCUT2D eigenvalue weighted by atomic mass is 16.5. The second-order valence-corrected chi connectivity index (χ2v) is 7.41. The van der Waals surface area contributed by atoms with Crippen molar-refractivity contribution in [2.75, 3.05) is 33.4 Å². The van der Waals surface area contributed by atoms with Crippen LogP contribution >= 0.6 is 0 Å². The second-order valence-electron chi connectivity index (χ2n) is 7.41. The molecule has 1 heterocycles. The largest absolute Gasteiger partial charge is 0.385 e. The first kappa shape index (κ1) is 17.9. The lowest BCUT2D eigenvalue weighted by Crippen LogP contribution is -2.56. The van der Waals surface area contributed by atoms with Gasteiger partial charge in [0.15, 0.2) is 0 Å². The van der Waals surface area contributed by atoms with Crippen LogP contribution in [0, 0.1) is 17.2 Å². The predicted molar refractivity (Wildman–Crippen MR) is 96.2 cm³/mol. The summed E-state index contributed by atoms with van der Waals surface area (Å²) in [5.41, 5.74) is 0.851. The van der Waals surface area contributed by atoms with Crippen molar-refractivity contribution in [3.8, 4) is 6.07 Å². The minimum absolute atomic E-state index is 0.0937. The molecule has 1 aromatic carbocycles. The van der Waals surface area contributed by atoms with Gasteiger partial charge in [0.1, 0.15) is 0 Å². The first-order valence-electron chi connectivity index (χ1n) is 9.18. The lowest BCUT2D eigenvalue weighted by atomic mass is 9.84. The van der Waals surface area contributed by atoms with E-state index in [1.165, 1.54) is 19.4 Å². The molecule has 0 radical (unpaired) electrons. The summed E-state index contributed by atoms with van der Waals surface area (Å²) in [6.45, 7) is 3.90. The number of nitrogens with one attached hydrogen (secondary N) is 1. The predicted octanol–water partition coefficient (Wildman–Crippen LogP) is 2.57. The molecule has 5 heteroatoms. The zero-order valence-corrected chi connectivity index (χ0v) is 15.0. The van der Waals surface area contributed by atoms with Gasteiger partial charge in [-0.3, -0.25) is 4.79 Å². The minimum Gasteiger partial charge on any atom is -0.385 e. The number of hydrogen-bond acceptors (Lipinski definition) is 4. The Morgan fingerprint density at radius 2 is 2.16 bits per heavy atom. The van der Waals surface area contributed by atoms with E-state index in [4.69, 9.17) is 10.00 Å². The molecule has 0 aromatic heterocycles. The van der Waals surface area contributed by atoms with E-state index >= 15 is 0 Å². The fourth-order valence-corrected chi connectivity index (χ4v) is 3.61. The van der Waals surface area contributed by atoms with Crippen LogP contribution in [-0.2, 0) is 4.74 Å². The number of piperidine rings is 1. The molecule has 2 aliphatic rings. The molecule has 1 N–H and O–H groups in total. The van der Waals surface area contributed by atoms with Crippen LogP contribution in [0.5, 0.6) is 0 Å². The van der Waals surface area contributed by atoms with E-state index in [9.17, 15) is 4.79 Å². The van der Waals surface area contributed by atoms with Gasteiger partial charge >= 0.3 is 0 Å². The molecule has 0 atom stereocenters. The molecule has 1 aliphatic carbocycles. The number of nitrogens with zero attached hydrogens (tertiary/aromatic N) is 2. The average molecular weight is 341 g/mol. The number of hydrogen-bond donors (Lipinski definition) is 1. The molecule has 5 nitrogen and oxygen atoms in total. The van der Waals surface area contributed by atoms with E-state index in [0.717, 1.165) is 38.3 Å². The van der Waals surface area contributed by atoms with E-state index in [1.807, 2.05) is 0 Å². The molecule has 25 heavy (non-hydrogen) atoms. The fourth-order valence-electron chi connectivity index (χ4n) is 3.61. The Morgan fingerprint density at radius 1 is 1.40 bits per heavy atom. The van der Waals surface area contributed by atoms with Crippen molar-refractivity contribution in [3.63, 3.8) is 0 Å². The van der Waals surface area contributed by atoms with Gasteiger partial charge in [0.25, 0.3) is 5.91 Å². The molecule has 0 spiro atoms. The number of rotatable bonds is 7. The number of ether oxygens (including phenoxy) is 1. The first-order valence-corrected chi connectivity index (χ1v) is 9.18. The second kappa shape index (κ2) is 7.99. The SMILES string of the molecule is COCCC1(NC(=O)c2cccc(C#N)c2)CCN(CC2CC2)CC1. The molecule has 1 saturated heterocycles. The summed E-state index contributed by atoms with van der Waals surface area (Å²) in [6, 6.07) is 8.99. The lowest BCUT2D eigenvalue weighted by molar-refractivity contribution is 0.0696. The van der Waals surface area contributed by atoms with Crippen LogP contribution in [0.2, 0.25) is 0 Å². The van der Waals surface area contributed by atoms with Crippen molar-refractivity contribution in [2.24, 2.45) is 5.92 Å². The molecule has 134 valence electrons. The highest BCUT2D eigenvalue weighted by Gasteiger charge is 2.37. The van der Waals surface area contributed by atoms with E-state index in [2.05, 4.69) is 16.3 Å². The third kappa shape index (κ3) is 4.81. The third-order valence-electron chi connectivity index (χ3n) is 5.44. The van der Waals surface area contributed by atoms with Gasteiger partial charge < -0.3 is 15.0 Å². The Balaban J connectivity index is 1.65. The van der Waals surface area contributed by atoms with Crippen LogP contribution in [0.3, 0.4) is 0 Å². The Hall–Kier alpha value is -1.90. The van der Waals surface area contributed by atoms with Crippen LogP contribution < -0.4 is 5.32 Å². The first-order chi connectivity index (χ1) is 12.1. The zero-order chi connectivity index (χ0) is 17.7.